The average molecular weight is 304 g/mol. The van der Waals surface area contributed by atoms with Crippen LogP contribution >= 0.6 is 15.9 Å². The lowest BCUT2D eigenvalue weighted by atomic mass is 10.2. The second kappa shape index (κ2) is 5.12. The summed E-state index contributed by atoms with van der Waals surface area (Å²) in [5.74, 6) is -1.42. The van der Waals surface area contributed by atoms with E-state index >= 15 is 0 Å². The Morgan fingerprint density at radius 3 is 2.76 bits per heavy atom. The van der Waals surface area contributed by atoms with Gasteiger partial charge in [-0.3, -0.25) is 4.79 Å². The van der Waals surface area contributed by atoms with E-state index in [-0.39, 0.29) is 10.4 Å². The Morgan fingerprint density at radius 1 is 1.47 bits per heavy atom. The summed E-state index contributed by atoms with van der Waals surface area (Å²) in [4.78, 5) is 11.9. The second-order valence-corrected chi connectivity index (χ2v) is 5.36. The van der Waals surface area contributed by atoms with Gasteiger partial charge in [0.1, 0.15) is 11.6 Å². The molecule has 0 aliphatic heterocycles. The van der Waals surface area contributed by atoms with E-state index < -0.39 is 17.5 Å². The van der Waals surface area contributed by atoms with Crippen LogP contribution in [0.2, 0.25) is 0 Å². The van der Waals surface area contributed by atoms with Crippen LogP contribution in [0.15, 0.2) is 18.2 Å². The van der Waals surface area contributed by atoms with E-state index in [9.17, 15) is 13.6 Å². The number of halogens is 3. The van der Waals surface area contributed by atoms with Crippen molar-refractivity contribution in [1.82, 2.24) is 5.32 Å². The van der Waals surface area contributed by atoms with E-state index in [2.05, 4.69) is 21.2 Å². The van der Waals surface area contributed by atoms with Gasteiger partial charge in [0.15, 0.2) is 0 Å². The number of carbonyl (C=O) groups excluding carboxylic acids is 1. The normalized spacial score (nSPS) is 16.6. The van der Waals surface area contributed by atoms with Crippen molar-refractivity contribution in [2.24, 2.45) is 5.92 Å². The third kappa shape index (κ3) is 3.25. The van der Waals surface area contributed by atoms with E-state index in [1.807, 2.05) is 0 Å². The molecule has 17 heavy (non-hydrogen) atoms. The molecule has 2 rings (SSSR count). The van der Waals surface area contributed by atoms with Gasteiger partial charge in [0.05, 0.1) is 5.56 Å². The van der Waals surface area contributed by atoms with Crippen molar-refractivity contribution in [3.05, 3.63) is 35.4 Å². The van der Waals surface area contributed by atoms with Crippen LogP contribution < -0.4 is 5.32 Å². The van der Waals surface area contributed by atoms with Crippen molar-refractivity contribution >= 4 is 21.8 Å². The number of hydrogen-bond donors (Lipinski definition) is 1. The highest BCUT2D eigenvalue weighted by Gasteiger charge is 2.29. The van der Waals surface area contributed by atoms with Gasteiger partial charge in [0.2, 0.25) is 0 Å². The van der Waals surface area contributed by atoms with Gasteiger partial charge in [-0.2, -0.15) is 0 Å². The molecule has 1 aromatic carbocycles. The zero-order valence-corrected chi connectivity index (χ0v) is 10.6. The average Bonchev–Trinajstić information content (AvgIpc) is 3.09. The topological polar surface area (TPSA) is 29.1 Å². The molecule has 1 aliphatic rings. The van der Waals surface area contributed by atoms with Crippen LogP contribution in [0.4, 0.5) is 8.78 Å². The first kappa shape index (κ1) is 12.5. The zero-order valence-electron chi connectivity index (χ0n) is 9.05. The quantitative estimate of drug-likeness (QED) is 0.852. The first-order valence-corrected chi connectivity index (χ1v) is 6.37. The van der Waals surface area contributed by atoms with Gasteiger partial charge < -0.3 is 5.32 Å². The Bertz CT molecular complexity index is 435. The summed E-state index contributed by atoms with van der Waals surface area (Å²) in [7, 11) is 0. The lowest BCUT2D eigenvalue weighted by Gasteiger charge is -2.10. The van der Waals surface area contributed by atoms with Crippen LogP contribution in [0, 0.1) is 17.6 Å². The minimum atomic E-state index is -0.833. The fourth-order valence-corrected chi connectivity index (χ4v) is 2.27. The molecule has 0 radical (unpaired) electrons. The number of hydrogen-bond acceptors (Lipinski definition) is 1. The van der Waals surface area contributed by atoms with Crippen molar-refractivity contribution in [2.75, 3.05) is 6.54 Å². The van der Waals surface area contributed by atoms with E-state index in [1.165, 1.54) is 0 Å². The van der Waals surface area contributed by atoms with Gasteiger partial charge in [0, 0.05) is 17.4 Å². The third-order valence-electron chi connectivity index (χ3n) is 2.77. The molecule has 1 N–H and O–H groups in total. The monoisotopic (exact) mass is 303 g/mol. The van der Waals surface area contributed by atoms with E-state index in [1.54, 1.807) is 0 Å². The Labute approximate surface area is 107 Å². The highest BCUT2D eigenvalue weighted by molar-refractivity contribution is 9.09. The van der Waals surface area contributed by atoms with Crippen LogP contribution in [0.1, 0.15) is 23.2 Å². The third-order valence-corrected chi connectivity index (χ3v) is 3.84. The lowest BCUT2D eigenvalue weighted by Crippen LogP contribution is -2.31. The highest BCUT2D eigenvalue weighted by Crippen LogP contribution is 2.36. The summed E-state index contributed by atoms with van der Waals surface area (Å²) in [6, 6.07) is 2.94. The van der Waals surface area contributed by atoms with Crippen LogP contribution in [-0.4, -0.2) is 17.3 Å². The largest absolute Gasteiger partial charge is 0.351 e. The summed E-state index contributed by atoms with van der Waals surface area (Å²) in [5.41, 5.74) is -0.123. The fourth-order valence-electron chi connectivity index (χ4n) is 1.58. The van der Waals surface area contributed by atoms with Crippen molar-refractivity contribution in [1.29, 1.82) is 0 Å². The maximum Gasteiger partial charge on any atom is 0.254 e. The van der Waals surface area contributed by atoms with Crippen LogP contribution in [0.25, 0.3) is 0 Å². The van der Waals surface area contributed by atoms with Crippen LogP contribution in [0.3, 0.4) is 0 Å². The molecular weight excluding hydrogens is 292 g/mol. The summed E-state index contributed by atoms with van der Waals surface area (Å²) in [6.45, 7) is 0.459. The van der Waals surface area contributed by atoms with Gasteiger partial charge in [-0.25, -0.2) is 8.78 Å². The SMILES string of the molecule is O=C(NCC(Br)C1CC1)c1ccc(F)cc1F. The van der Waals surface area contributed by atoms with E-state index in [4.69, 9.17) is 0 Å². The number of amides is 1. The van der Waals surface area contributed by atoms with E-state index in [0.29, 0.717) is 18.5 Å². The van der Waals surface area contributed by atoms with Crippen LogP contribution in [-0.2, 0) is 0 Å². The first-order chi connectivity index (χ1) is 8.08. The summed E-state index contributed by atoms with van der Waals surface area (Å²) < 4.78 is 25.9. The lowest BCUT2D eigenvalue weighted by molar-refractivity contribution is 0.0949. The second-order valence-electron chi connectivity index (χ2n) is 4.19. The number of rotatable bonds is 4. The molecule has 1 aromatic rings. The first-order valence-electron chi connectivity index (χ1n) is 5.45. The van der Waals surface area contributed by atoms with Gasteiger partial charge in [0.25, 0.3) is 5.91 Å². The molecule has 92 valence electrons. The minimum Gasteiger partial charge on any atom is -0.351 e. The van der Waals surface area contributed by atoms with Crippen molar-refractivity contribution < 1.29 is 13.6 Å². The molecule has 0 saturated heterocycles. The maximum atomic E-state index is 13.3. The van der Waals surface area contributed by atoms with Crippen molar-refractivity contribution in [3.63, 3.8) is 0 Å². The molecule has 1 aliphatic carbocycles. The highest BCUT2D eigenvalue weighted by atomic mass is 79.9. The number of benzene rings is 1. The molecule has 1 atom stereocenters. The molecule has 1 amide bonds. The van der Waals surface area contributed by atoms with Crippen molar-refractivity contribution in [3.8, 4) is 0 Å². The van der Waals surface area contributed by atoms with Gasteiger partial charge in [-0.05, 0) is 30.9 Å². The molecule has 0 bridgehead atoms. The molecule has 0 heterocycles. The van der Waals surface area contributed by atoms with Gasteiger partial charge in [-0.1, -0.05) is 15.9 Å². The molecular formula is C12H12BrF2NO. The van der Waals surface area contributed by atoms with Gasteiger partial charge in [-0.15, -0.1) is 0 Å². The molecule has 1 fully saturated rings. The predicted octanol–water partition coefficient (Wildman–Crippen LogP) is 2.87. The van der Waals surface area contributed by atoms with E-state index in [0.717, 1.165) is 25.0 Å². The Kier molecular flexibility index (Phi) is 3.76. The molecule has 2 nitrogen and oxygen atoms in total. The fraction of sp³-hybridized carbons (Fsp3) is 0.417. The Balaban J connectivity index is 1.94. The molecule has 5 heteroatoms. The summed E-state index contributed by atoms with van der Waals surface area (Å²) in [5, 5.41) is 2.63. The number of alkyl halides is 1. The summed E-state index contributed by atoms with van der Waals surface area (Å²) in [6.07, 6.45) is 2.33. The van der Waals surface area contributed by atoms with Crippen molar-refractivity contribution in [2.45, 2.75) is 17.7 Å². The van der Waals surface area contributed by atoms with Crippen LogP contribution in [0.5, 0.6) is 0 Å². The number of nitrogens with one attached hydrogen (secondary N) is 1. The Hall–Kier alpha value is -0.970. The molecule has 0 spiro atoms. The minimum absolute atomic E-state index is 0.123. The smallest absolute Gasteiger partial charge is 0.254 e. The zero-order chi connectivity index (χ0) is 12.4. The predicted molar refractivity (Wildman–Crippen MR) is 64.1 cm³/mol. The molecule has 0 aromatic heterocycles. The molecule has 1 unspecified atom stereocenters. The maximum absolute atomic E-state index is 13.3. The molecule has 1 saturated carbocycles. The Morgan fingerprint density at radius 2 is 2.18 bits per heavy atom. The number of carbonyl (C=O) groups is 1. The summed E-state index contributed by atoms with van der Waals surface area (Å²) >= 11 is 3.47. The van der Waals surface area contributed by atoms with Gasteiger partial charge >= 0.3 is 0 Å². The standard InChI is InChI=1S/C12H12BrF2NO/c13-10(7-1-2-7)6-16-12(17)9-4-3-8(14)5-11(9)15/h3-5,7,10H,1-2,6H2,(H,16,17).